The van der Waals surface area contributed by atoms with E-state index in [-0.39, 0.29) is 5.82 Å². The van der Waals surface area contributed by atoms with Crippen LogP contribution in [0.2, 0.25) is 0 Å². The Labute approximate surface area is 152 Å². The average molecular weight is 368 g/mol. The number of rotatable bonds is 5. The third-order valence-electron chi connectivity index (χ3n) is 3.48. The molecule has 1 nitrogen and oxygen atoms in total. The fourth-order valence-corrected chi connectivity index (χ4v) is 1.64. The van der Waals surface area contributed by atoms with Crippen molar-refractivity contribution >= 4 is 5.76 Å². The van der Waals surface area contributed by atoms with Crippen molar-refractivity contribution in [1.29, 1.82) is 0 Å². The number of benzene rings is 1. The smallest absolute Gasteiger partial charge is 0.416 e. The number of ether oxygens (including phenoxy) is 1. The highest BCUT2D eigenvalue weighted by molar-refractivity contribution is 5.60. The molecule has 0 bridgehead atoms. The molecular formula is C21H24F4O. The number of alkyl halides is 3. The van der Waals surface area contributed by atoms with Gasteiger partial charge >= 0.3 is 6.18 Å². The molecule has 142 valence electrons. The second-order valence-electron chi connectivity index (χ2n) is 5.54. The molecule has 0 N–H and O–H groups in total. The van der Waals surface area contributed by atoms with Crippen molar-refractivity contribution in [3.63, 3.8) is 0 Å². The molecule has 0 unspecified atom stereocenters. The fourth-order valence-electron chi connectivity index (χ4n) is 1.64. The topological polar surface area (TPSA) is 9.23 Å². The van der Waals surface area contributed by atoms with Gasteiger partial charge in [0.25, 0.3) is 0 Å². The summed E-state index contributed by atoms with van der Waals surface area (Å²) >= 11 is 0. The minimum atomic E-state index is -4.34. The largest absolute Gasteiger partial charge is 0.497 e. The maximum absolute atomic E-state index is 12.7. The molecule has 0 aromatic heterocycles. The molecule has 1 aromatic carbocycles. The van der Waals surface area contributed by atoms with Crippen LogP contribution in [-0.2, 0) is 4.74 Å². The minimum Gasteiger partial charge on any atom is -0.497 e. The van der Waals surface area contributed by atoms with Crippen LogP contribution in [0.25, 0.3) is 5.76 Å². The molecule has 1 rings (SSSR count). The standard InChI is InChI=1S/C11H13F3.C10H11FO/c1-5-10(11(12,13)14)7-6-9(4)8(2)3;1-7-4-5-9(11)6-10(7)8(2)12-3/h5-7H,1-2H2,3-4H3;4-6H,2H2,1,3H3/b9-6+,10-7+;. The normalized spacial score (nSPS) is 12.0. The molecule has 0 heterocycles. The van der Waals surface area contributed by atoms with Crippen LogP contribution >= 0.6 is 0 Å². The van der Waals surface area contributed by atoms with Gasteiger partial charge < -0.3 is 4.74 Å². The zero-order valence-corrected chi connectivity index (χ0v) is 15.5. The molecule has 0 amide bonds. The molecule has 0 radical (unpaired) electrons. The van der Waals surface area contributed by atoms with Gasteiger partial charge in [-0.15, -0.1) is 0 Å². The second kappa shape index (κ2) is 10.4. The fraction of sp³-hybridized carbons (Fsp3) is 0.238. The van der Waals surface area contributed by atoms with Crippen LogP contribution in [0, 0.1) is 12.7 Å². The van der Waals surface area contributed by atoms with Gasteiger partial charge in [-0.25, -0.2) is 4.39 Å². The summed E-state index contributed by atoms with van der Waals surface area (Å²) in [5.74, 6) is 0.223. The van der Waals surface area contributed by atoms with E-state index in [2.05, 4.69) is 19.7 Å². The van der Waals surface area contributed by atoms with Gasteiger partial charge in [-0.2, -0.15) is 13.2 Å². The Bertz CT molecular complexity index is 722. The first-order valence-electron chi connectivity index (χ1n) is 7.67. The van der Waals surface area contributed by atoms with Crippen LogP contribution in [0.1, 0.15) is 25.0 Å². The highest BCUT2D eigenvalue weighted by Crippen LogP contribution is 2.26. The lowest BCUT2D eigenvalue weighted by Gasteiger charge is -2.07. The molecule has 0 atom stereocenters. The molecular weight excluding hydrogens is 344 g/mol. The van der Waals surface area contributed by atoms with Gasteiger partial charge in [-0.05, 0) is 50.1 Å². The maximum Gasteiger partial charge on any atom is 0.416 e. The van der Waals surface area contributed by atoms with E-state index in [4.69, 9.17) is 4.74 Å². The summed E-state index contributed by atoms with van der Waals surface area (Å²) in [6, 6.07) is 4.54. The summed E-state index contributed by atoms with van der Waals surface area (Å²) in [7, 11) is 1.52. The van der Waals surface area contributed by atoms with Crippen molar-refractivity contribution in [2.24, 2.45) is 0 Å². The van der Waals surface area contributed by atoms with Crippen LogP contribution in [0.4, 0.5) is 17.6 Å². The van der Waals surface area contributed by atoms with Gasteiger partial charge in [0, 0.05) is 5.56 Å². The van der Waals surface area contributed by atoms with Crippen molar-refractivity contribution in [2.75, 3.05) is 7.11 Å². The monoisotopic (exact) mass is 368 g/mol. The molecule has 1 aromatic rings. The first kappa shape index (κ1) is 23.4. The third-order valence-corrected chi connectivity index (χ3v) is 3.48. The Morgan fingerprint density at radius 3 is 2.12 bits per heavy atom. The summed E-state index contributed by atoms with van der Waals surface area (Å²) in [6.45, 7) is 15.7. The zero-order valence-electron chi connectivity index (χ0n) is 15.5. The highest BCUT2D eigenvalue weighted by Gasteiger charge is 2.30. The predicted molar refractivity (Wildman–Crippen MR) is 100 cm³/mol. The molecule has 0 aliphatic heterocycles. The minimum absolute atomic E-state index is 0.270. The van der Waals surface area contributed by atoms with Crippen LogP contribution in [0.15, 0.2) is 72.9 Å². The number of allylic oxidation sites excluding steroid dienone is 6. The number of hydrogen-bond donors (Lipinski definition) is 0. The molecule has 0 fully saturated rings. The van der Waals surface area contributed by atoms with Gasteiger partial charge in [0.15, 0.2) is 0 Å². The predicted octanol–water partition coefficient (Wildman–Crippen LogP) is 6.93. The van der Waals surface area contributed by atoms with Crippen LogP contribution in [0.5, 0.6) is 0 Å². The van der Waals surface area contributed by atoms with Crippen molar-refractivity contribution in [3.05, 3.63) is 89.8 Å². The first-order chi connectivity index (χ1) is 11.9. The third kappa shape index (κ3) is 8.01. The van der Waals surface area contributed by atoms with Gasteiger partial charge in [-0.3, -0.25) is 0 Å². The number of halogens is 4. The van der Waals surface area contributed by atoms with Crippen molar-refractivity contribution in [2.45, 2.75) is 26.9 Å². The molecule has 26 heavy (non-hydrogen) atoms. The maximum atomic E-state index is 12.7. The van der Waals surface area contributed by atoms with Gasteiger partial charge in [0.05, 0.1) is 12.7 Å². The first-order valence-corrected chi connectivity index (χ1v) is 7.67. The molecule has 0 aliphatic carbocycles. The van der Waals surface area contributed by atoms with Gasteiger partial charge in [-0.1, -0.05) is 43.5 Å². The number of hydrogen-bond acceptors (Lipinski definition) is 1. The quantitative estimate of drug-likeness (QED) is 0.311. The van der Waals surface area contributed by atoms with E-state index in [9.17, 15) is 17.6 Å². The van der Waals surface area contributed by atoms with Crippen molar-refractivity contribution in [3.8, 4) is 0 Å². The Balaban J connectivity index is 0.000000485. The lowest BCUT2D eigenvalue weighted by molar-refractivity contribution is -0.0881. The van der Waals surface area contributed by atoms with E-state index < -0.39 is 11.7 Å². The summed E-state index contributed by atoms with van der Waals surface area (Å²) < 4.78 is 54.2. The van der Waals surface area contributed by atoms with E-state index in [1.54, 1.807) is 19.9 Å². The van der Waals surface area contributed by atoms with Crippen molar-refractivity contribution < 1.29 is 22.3 Å². The van der Waals surface area contributed by atoms with E-state index in [1.807, 2.05) is 6.92 Å². The second-order valence-corrected chi connectivity index (χ2v) is 5.54. The Morgan fingerprint density at radius 1 is 1.12 bits per heavy atom. The Morgan fingerprint density at radius 2 is 1.69 bits per heavy atom. The van der Waals surface area contributed by atoms with Crippen LogP contribution < -0.4 is 0 Å². The molecule has 0 spiro atoms. The van der Waals surface area contributed by atoms with E-state index in [1.165, 1.54) is 25.3 Å². The molecule has 5 heteroatoms. The molecule has 0 aliphatic rings. The van der Waals surface area contributed by atoms with Gasteiger partial charge in [0.1, 0.15) is 11.6 Å². The van der Waals surface area contributed by atoms with E-state index >= 15 is 0 Å². The Hall–Kier alpha value is -2.56. The van der Waals surface area contributed by atoms with Crippen LogP contribution in [-0.4, -0.2) is 13.3 Å². The molecule has 0 saturated carbocycles. The number of methoxy groups -OCH3 is 1. The summed E-state index contributed by atoms with van der Waals surface area (Å²) in [5.41, 5.74) is 2.39. The van der Waals surface area contributed by atoms with E-state index in [0.29, 0.717) is 11.3 Å². The highest BCUT2D eigenvalue weighted by atomic mass is 19.4. The number of aryl methyl sites for hydroxylation is 1. The molecule has 0 saturated heterocycles. The SMILES string of the molecule is C=C(OC)c1cc(F)ccc1C.C=C/C(=C\C=C(/C)C(=C)C)C(F)(F)F. The zero-order chi connectivity index (χ0) is 20.5. The van der Waals surface area contributed by atoms with E-state index in [0.717, 1.165) is 28.9 Å². The lowest BCUT2D eigenvalue weighted by atomic mass is 10.1. The lowest BCUT2D eigenvalue weighted by Crippen LogP contribution is -2.09. The van der Waals surface area contributed by atoms with Crippen LogP contribution in [0.3, 0.4) is 0 Å². The van der Waals surface area contributed by atoms with Gasteiger partial charge in [0.2, 0.25) is 0 Å². The summed E-state index contributed by atoms with van der Waals surface area (Å²) in [6.07, 6.45) is -1.17. The Kier molecular flexibility index (Phi) is 9.41. The summed E-state index contributed by atoms with van der Waals surface area (Å²) in [5, 5.41) is 0. The van der Waals surface area contributed by atoms with Crippen molar-refractivity contribution in [1.82, 2.24) is 0 Å². The average Bonchev–Trinajstić information content (AvgIpc) is 2.55. The summed E-state index contributed by atoms with van der Waals surface area (Å²) in [4.78, 5) is 0.